The Kier molecular flexibility index (Phi) is 5.07. The van der Waals surface area contributed by atoms with Gasteiger partial charge in [-0.2, -0.15) is 0 Å². The first-order chi connectivity index (χ1) is 12.7. The minimum Gasteiger partial charge on any atom is -0.350 e. The van der Waals surface area contributed by atoms with Crippen molar-refractivity contribution in [3.8, 4) is 0 Å². The smallest absolute Gasteiger partial charge is 0.271 e. The lowest BCUT2D eigenvalue weighted by Gasteiger charge is -2.25. The lowest BCUT2D eigenvalue weighted by Crippen LogP contribution is -2.31. The molecule has 0 saturated carbocycles. The number of nitrogens with zero attached hydrogens (tertiary/aromatic N) is 3. The second-order valence-electron chi connectivity index (χ2n) is 7.06. The van der Waals surface area contributed by atoms with Gasteiger partial charge in [0.05, 0.1) is 11.2 Å². The first-order valence-corrected chi connectivity index (χ1v) is 9.73. The number of carbonyl (C=O) groups excluding carboxylic acids is 1. The predicted octanol–water partition coefficient (Wildman–Crippen LogP) is 3.58. The van der Waals surface area contributed by atoms with Gasteiger partial charge in [0.25, 0.3) is 5.91 Å². The fourth-order valence-electron chi connectivity index (χ4n) is 3.95. The zero-order valence-corrected chi connectivity index (χ0v) is 15.5. The molecule has 0 spiro atoms. The third-order valence-corrected chi connectivity index (χ3v) is 5.61. The lowest BCUT2D eigenvalue weighted by atomic mass is 9.83. The summed E-state index contributed by atoms with van der Waals surface area (Å²) in [6.45, 7) is 2.47. The normalized spacial score (nSPS) is 19.3. The molecule has 0 radical (unpaired) electrons. The van der Waals surface area contributed by atoms with Crippen LogP contribution in [0.4, 0.5) is 5.95 Å². The lowest BCUT2D eigenvalue weighted by molar-refractivity contribution is 0.0945. The molecule has 1 unspecified atom stereocenters. The van der Waals surface area contributed by atoms with Crippen molar-refractivity contribution in [2.45, 2.75) is 38.0 Å². The summed E-state index contributed by atoms with van der Waals surface area (Å²) in [7, 11) is 0. The van der Waals surface area contributed by atoms with Gasteiger partial charge >= 0.3 is 0 Å². The van der Waals surface area contributed by atoms with Crippen molar-refractivity contribution in [2.24, 2.45) is 0 Å². The van der Waals surface area contributed by atoms with E-state index in [-0.39, 0.29) is 11.6 Å². The van der Waals surface area contributed by atoms with Crippen molar-refractivity contribution in [3.05, 3.63) is 52.3 Å². The van der Waals surface area contributed by atoms with Gasteiger partial charge < -0.3 is 10.2 Å². The quantitative estimate of drug-likeness (QED) is 0.893. The maximum Gasteiger partial charge on any atom is 0.271 e. The zero-order chi connectivity index (χ0) is 17.9. The molecule has 1 N–H and O–H groups in total. The van der Waals surface area contributed by atoms with Crippen LogP contribution < -0.4 is 10.2 Å². The molecule has 0 bridgehead atoms. The Morgan fingerprint density at radius 2 is 2.04 bits per heavy atom. The van der Waals surface area contributed by atoms with E-state index in [2.05, 4.69) is 44.5 Å². The molecule has 26 heavy (non-hydrogen) atoms. The summed E-state index contributed by atoms with van der Waals surface area (Å²) in [4.78, 5) is 23.5. The van der Waals surface area contributed by atoms with Gasteiger partial charge in [-0.15, -0.1) is 0 Å². The summed E-state index contributed by atoms with van der Waals surface area (Å²) in [5.41, 5.74) is 3.02. The van der Waals surface area contributed by atoms with Crippen molar-refractivity contribution in [2.75, 3.05) is 24.5 Å². The maximum atomic E-state index is 12.7. The number of anilines is 1. The fourth-order valence-corrected chi connectivity index (χ4v) is 4.13. The summed E-state index contributed by atoms with van der Waals surface area (Å²) < 4.78 is 0. The van der Waals surface area contributed by atoms with E-state index in [1.165, 1.54) is 17.3 Å². The number of aromatic nitrogens is 2. The molecule has 1 fully saturated rings. The van der Waals surface area contributed by atoms with Crippen molar-refractivity contribution < 1.29 is 4.79 Å². The molecule has 5 nitrogen and oxygen atoms in total. The van der Waals surface area contributed by atoms with Gasteiger partial charge in [-0.1, -0.05) is 35.9 Å². The second kappa shape index (κ2) is 7.62. The molecule has 136 valence electrons. The van der Waals surface area contributed by atoms with Crippen molar-refractivity contribution in [1.82, 2.24) is 15.3 Å². The molecule has 1 aliphatic heterocycles. The molecule has 1 saturated heterocycles. The Bertz CT molecular complexity index is 804. The Morgan fingerprint density at radius 1 is 1.23 bits per heavy atom. The molecule has 1 atom stereocenters. The zero-order valence-electron chi connectivity index (χ0n) is 14.7. The van der Waals surface area contributed by atoms with Crippen LogP contribution in [-0.4, -0.2) is 35.5 Å². The largest absolute Gasteiger partial charge is 0.350 e. The van der Waals surface area contributed by atoms with Crippen LogP contribution >= 0.6 is 11.6 Å². The molecular weight excluding hydrogens is 348 g/mol. The van der Waals surface area contributed by atoms with E-state index in [1.807, 2.05) is 0 Å². The van der Waals surface area contributed by atoms with Crippen molar-refractivity contribution in [3.63, 3.8) is 0 Å². The number of amides is 1. The van der Waals surface area contributed by atoms with Gasteiger partial charge in [-0.05, 0) is 43.2 Å². The molecule has 1 aliphatic carbocycles. The van der Waals surface area contributed by atoms with Crippen molar-refractivity contribution in [1.29, 1.82) is 0 Å². The number of benzene rings is 1. The highest BCUT2D eigenvalue weighted by molar-refractivity contribution is 6.33. The molecule has 1 aromatic heterocycles. The highest BCUT2D eigenvalue weighted by Gasteiger charge is 2.23. The summed E-state index contributed by atoms with van der Waals surface area (Å²) in [6, 6.07) is 8.52. The third-order valence-electron chi connectivity index (χ3n) is 5.34. The topological polar surface area (TPSA) is 58.1 Å². The standard InChI is InChI=1S/C20H23ClN4O/c21-17-13-23-20(25-10-3-4-11-25)24-18(17)19(26)22-12-15-8-5-7-14-6-1-2-9-16(14)15/h1-2,6,9,13,15H,3-5,7-8,10-12H2,(H,22,26). The van der Waals surface area contributed by atoms with Gasteiger partial charge in [-0.25, -0.2) is 9.97 Å². The summed E-state index contributed by atoms with van der Waals surface area (Å²) >= 11 is 6.20. The van der Waals surface area contributed by atoms with Gasteiger partial charge in [0, 0.05) is 25.6 Å². The number of fused-ring (bicyclic) bond motifs is 1. The van der Waals surface area contributed by atoms with E-state index in [0.29, 0.717) is 23.4 Å². The molecule has 1 amide bonds. The molecule has 1 aromatic carbocycles. The van der Waals surface area contributed by atoms with Crippen LogP contribution in [0, 0.1) is 0 Å². The predicted molar refractivity (Wildman–Crippen MR) is 103 cm³/mol. The molecule has 2 aliphatic rings. The molecule has 2 aromatic rings. The minimum absolute atomic E-state index is 0.221. The Labute approximate surface area is 158 Å². The number of carbonyl (C=O) groups is 1. The molecule has 6 heteroatoms. The number of hydrogen-bond acceptors (Lipinski definition) is 4. The number of rotatable bonds is 4. The Balaban J connectivity index is 1.46. The van der Waals surface area contributed by atoms with Crippen molar-refractivity contribution >= 4 is 23.5 Å². The average Bonchev–Trinajstić information content (AvgIpc) is 3.21. The van der Waals surface area contributed by atoms with E-state index in [0.717, 1.165) is 45.2 Å². The van der Waals surface area contributed by atoms with Crippen LogP contribution in [0.5, 0.6) is 0 Å². The number of nitrogens with one attached hydrogen (secondary N) is 1. The summed E-state index contributed by atoms with van der Waals surface area (Å²) in [5, 5.41) is 3.34. The Morgan fingerprint density at radius 3 is 2.88 bits per heavy atom. The maximum absolute atomic E-state index is 12.7. The van der Waals surface area contributed by atoms with E-state index in [1.54, 1.807) is 0 Å². The van der Waals surface area contributed by atoms with Gasteiger partial charge in [0.15, 0.2) is 5.69 Å². The van der Waals surface area contributed by atoms with Crippen LogP contribution in [0.25, 0.3) is 0 Å². The number of aryl methyl sites for hydroxylation is 1. The molecular formula is C20H23ClN4O. The third kappa shape index (κ3) is 3.54. The second-order valence-corrected chi connectivity index (χ2v) is 7.47. The Hall–Kier alpha value is -2.14. The van der Waals surface area contributed by atoms with E-state index in [9.17, 15) is 4.79 Å². The van der Waals surface area contributed by atoms with Crippen LogP contribution in [0.15, 0.2) is 30.5 Å². The molecule has 2 heterocycles. The highest BCUT2D eigenvalue weighted by Crippen LogP contribution is 2.31. The van der Waals surface area contributed by atoms with Gasteiger partial charge in [-0.3, -0.25) is 4.79 Å². The molecule has 4 rings (SSSR count). The van der Waals surface area contributed by atoms with Crippen LogP contribution in [0.3, 0.4) is 0 Å². The highest BCUT2D eigenvalue weighted by atomic mass is 35.5. The fraction of sp³-hybridized carbons (Fsp3) is 0.450. The van der Waals surface area contributed by atoms with Crippen LogP contribution in [0.2, 0.25) is 5.02 Å². The average molecular weight is 371 g/mol. The first kappa shape index (κ1) is 17.3. The summed E-state index contributed by atoms with van der Waals surface area (Å²) in [6.07, 6.45) is 7.17. The van der Waals surface area contributed by atoms with Gasteiger partial charge in [0.1, 0.15) is 0 Å². The number of hydrogen-bond donors (Lipinski definition) is 1. The van der Waals surface area contributed by atoms with E-state index in [4.69, 9.17) is 11.6 Å². The first-order valence-electron chi connectivity index (χ1n) is 9.36. The van der Waals surface area contributed by atoms with Crippen LogP contribution in [-0.2, 0) is 6.42 Å². The van der Waals surface area contributed by atoms with E-state index < -0.39 is 0 Å². The minimum atomic E-state index is -0.221. The van der Waals surface area contributed by atoms with Gasteiger partial charge in [0.2, 0.25) is 5.95 Å². The van der Waals surface area contributed by atoms with E-state index >= 15 is 0 Å². The SMILES string of the molecule is O=C(NCC1CCCc2ccccc21)c1nc(N2CCCC2)ncc1Cl. The van der Waals surface area contributed by atoms with Crippen LogP contribution in [0.1, 0.15) is 53.2 Å². The number of halogens is 1. The summed E-state index contributed by atoms with van der Waals surface area (Å²) in [5.74, 6) is 0.725. The monoisotopic (exact) mass is 370 g/mol.